The van der Waals surface area contributed by atoms with Crippen LogP contribution in [0.1, 0.15) is 32.6 Å². The second-order valence-corrected chi connectivity index (χ2v) is 10.3. The molecule has 0 heterocycles. The summed E-state index contributed by atoms with van der Waals surface area (Å²) < 4.78 is 33.8. The van der Waals surface area contributed by atoms with Crippen LogP contribution in [-0.4, -0.2) is 51.7 Å². The minimum Gasteiger partial charge on any atom is -0.494 e. The smallest absolute Gasteiger partial charge is 0.264 e. The van der Waals surface area contributed by atoms with Crippen molar-refractivity contribution in [2.24, 2.45) is 0 Å². The molecule has 31 heavy (non-hydrogen) atoms. The summed E-state index contributed by atoms with van der Waals surface area (Å²) in [5.74, 6) is 0.451. The first-order valence-corrected chi connectivity index (χ1v) is 13.2. The van der Waals surface area contributed by atoms with E-state index in [1.807, 2.05) is 13.2 Å². The van der Waals surface area contributed by atoms with E-state index in [9.17, 15) is 13.2 Å². The molecule has 0 unspecified atom stereocenters. The number of nitrogens with zero attached hydrogens (tertiary/aromatic N) is 2. The molecule has 1 aliphatic carbocycles. The Morgan fingerprint density at radius 3 is 2.23 bits per heavy atom. The Labute approximate surface area is 189 Å². The number of rotatable bonds is 9. The number of likely N-dealkylation sites (N-methyl/N-ethyl adjacent to an activating group) is 1. The maximum Gasteiger partial charge on any atom is 0.264 e. The number of thioether (sulfide) groups is 1. The Balaban J connectivity index is 1.93. The number of carbonyl (C=O) groups is 1. The van der Waals surface area contributed by atoms with Crippen molar-refractivity contribution in [2.75, 3.05) is 30.8 Å². The van der Waals surface area contributed by atoms with E-state index in [2.05, 4.69) is 0 Å². The number of amides is 1. The largest absolute Gasteiger partial charge is 0.494 e. The van der Waals surface area contributed by atoms with Crippen molar-refractivity contribution in [3.63, 3.8) is 0 Å². The molecule has 0 atom stereocenters. The molecule has 6 nitrogen and oxygen atoms in total. The molecule has 0 saturated heterocycles. The first kappa shape index (κ1) is 23.5. The molecule has 0 radical (unpaired) electrons. The SMILES string of the molecule is CCOc1ccc(N(CC(=O)N(C)C2CCCC2)S(=O)(=O)c2ccc(SC)cc2)cc1. The Morgan fingerprint density at radius 2 is 1.68 bits per heavy atom. The fourth-order valence-electron chi connectivity index (χ4n) is 3.79. The number of hydrogen-bond donors (Lipinski definition) is 0. The van der Waals surface area contributed by atoms with Gasteiger partial charge in [0.25, 0.3) is 10.0 Å². The summed E-state index contributed by atoms with van der Waals surface area (Å²) in [7, 11) is -2.15. The van der Waals surface area contributed by atoms with Crippen LogP contribution in [0.3, 0.4) is 0 Å². The van der Waals surface area contributed by atoms with Crippen LogP contribution in [0.15, 0.2) is 58.3 Å². The second kappa shape index (κ2) is 10.4. The van der Waals surface area contributed by atoms with Gasteiger partial charge in [-0.1, -0.05) is 12.8 Å². The van der Waals surface area contributed by atoms with E-state index in [0.29, 0.717) is 18.0 Å². The normalized spacial score (nSPS) is 14.4. The highest BCUT2D eigenvalue weighted by Gasteiger charge is 2.31. The monoisotopic (exact) mass is 462 g/mol. The summed E-state index contributed by atoms with van der Waals surface area (Å²) in [6.07, 6.45) is 6.08. The molecule has 0 spiro atoms. The molecule has 0 aromatic heterocycles. The summed E-state index contributed by atoms with van der Waals surface area (Å²) in [5.41, 5.74) is 0.436. The Hall–Kier alpha value is -2.19. The third-order valence-corrected chi connectivity index (χ3v) is 8.16. The van der Waals surface area contributed by atoms with Gasteiger partial charge in [0.05, 0.1) is 17.2 Å². The van der Waals surface area contributed by atoms with Gasteiger partial charge in [0, 0.05) is 18.0 Å². The molecule has 1 aliphatic rings. The number of sulfonamides is 1. The highest BCUT2D eigenvalue weighted by molar-refractivity contribution is 7.98. The van der Waals surface area contributed by atoms with Gasteiger partial charge in [0.1, 0.15) is 12.3 Å². The van der Waals surface area contributed by atoms with Gasteiger partial charge < -0.3 is 9.64 Å². The van der Waals surface area contributed by atoms with Gasteiger partial charge in [0.2, 0.25) is 5.91 Å². The molecule has 1 amide bonds. The van der Waals surface area contributed by atoms with E-state index in [4.69, 9.17) is 4.74 Å². The van der Waals surface area contributed by atoms with Gasteiger partial charge in [-0.2, -0.15) is 0 Å². The molecular weight excluding hydrogens is 432 g/mol. The van der Waals surface area contributed by atoms with Crippen molar-refractivity contribution in [3.05, 3.63) is 48.5 Å². The van der Waals surface area contributed by atoms with Crippen LogP contribution < -0.4 is 9.04 Å². The number of ether oxygens (including phenoxy) is 1. The zero-order chi connectivity index (χ0) is 22.4. The topological polar surface area (TPSA) is 66.9 Å². The predicted molar refractivity (Wildman–Crippen MR) is 125 cm³/mol. The van der Waals surface area contributed by atoms with Crippen LogP contribution in [0, 0.1) is 0 Å². The number of benzene rings is 2. The van der Waals surface area contributed by atoms with Crippen LogP contribution in [0.5, 0.6) is 5.75 Å². The van der Waals surface area contributed by atoms with Crippen LogP contribution >= 0.6 is 11.8 Å². The van der Waals surface area contributed by atoms with Crippen LogP contribution in [0.2, 0.25) is 0 Å². The number of anilines is 1. The van der Waals surface area contributed by atoms with Gasteiger partial charge in [-0.25, -0.2) is 8.42 Å². The Bertz CT molecular complexity index is 970. The molecule has 1 fully saturated rings. The average molecular weight is 463 g/mol. The molecule has 0 bridgehead atoms. The lowest BCUT2D eigenvalue weighted by Gasteiger charge is -2.29. The van der Waals surface area contributed by atoms with Crippen LogP contribution in [0.25, 0.3) is 0 Å². The first-order chi connectivity index (χ1) is 14.9. The third kappa shape index (κ3) is 5.54. The summed E-state index contributed by atoms with van der Waals surface area (Å²) in [4.78, 5) is 15.9. The highest BCUT2D eigenvalue weighted by Crippen LogP contribution is 2.28. The summed E-state index contributed by atoms with van der Waals surface area (Å²) in [6, 6.07) is 13.7. The third-order valence-electron chi connectivity index (χ3n) is 5.63. The van der Waals surface area contributed by atoms with Crippen LogP contribution in [-0.2, 0) is 14.8 Å². The fourth-order valence-corrected chi connectivity index (χ4v) is 5.62. The zero-order valence-electron chi connectivity index (χ0n) is 18.3. The molecule has 3 rings (SSSR count). The van der Waals surface area contributed by atoms with Gasteiger partial charge in [-0.3, -0.25) is 9.10 Å². The maximum absolute atomic E-state index is 13.5. The molecule has 0 aliphatic heterocycles. The molecule has 168 valence electrons. The lowest BCUT2D eigenvalue weighted by Crippen LogP contribution is -2.44. The van der Waals surface area contributed by atoms with Crippen LogP contribution in [0.4, 0.5) is 5.69 Å². The van der Waals surface area contributed by atoms with E-state index in [1.54, 1.807) is 72.2 Å². The summed E-state index contributed by atoms with van der Waals surface area (Å²) in [5, 5.41) is 0. The molecule has 8 heteroatoms. The van der Waals surface area contributed by atoms with Crippen molar-refractivity contribution < 1.29 is 17.9 Å². The van der Waals surface area contributed by atoms with Crippen molar-refractivity contribution >= 4 is 33.4 Å². The number of hydrogen-bond acceptors (Lipinski definition) is 5. The standard InChI is InChI=1S/C23H30N2O4S2/c1-4-29-20-11-9-19(10-12-20)25(17-23(26)24(2)18-7-5-6-8-18)31(27,28)22-15-13-21(30-3)14-16-22/h9-16,18H,4-8,17H2,1-3H3. The second-order valence-electron chi connectivity index (χ2n) is 7.56. The minimum absolute atomic E-state index is 0.163. The van der Waals surface area contributed by atoms with Gasteiger partial charge in [-0.05, 0) is 74.6 Å². The first-order valence-electron chi connectivity index (χ1n) is 10.5. The van der Waals surface area contributed by atoms with E-state index in [0.717, 1.165) is 30.6 Å². The number of carbonyl (C=O) groups excluding carboxylic acids is 1. The van der Waals surface area contributed by atoms with Crippen molar-refractivity contribution in [1.29, 1.82) is 0 Å². The average Bonchev–Trinajstić information content (AvgIpc) is 3.32. The van der Waals surface area contributed by atoms with E-state index in [-0.39, 0.29) is 23.4 Å². The quantitative estimate of drug-likeness (QED) is 0.517. The van der Waals surface area contributed by atoms with Crippen molar-refractivity contribution in [1.82, 2.24) is 4.90 Å². The molecule has 1 saturated carbocycles. The summed E-state index contributed by atoms with van der Waals surface area (Å²) in [6.45, 7) is 2.17. The van der Waals surface area contributed by atoms with E-state index < -0.39 is 10.0 Å². The molecule has 2 aromatic carbocycles. The van der Waals surface area contributed by atoms with E-state index in [1.165, 1.54) is 4.31 Å². The van der Waals surface area contributed by atoms with Gasteiger partial charge >= 0.3 is 0 Å². The zero-order valence-corrected chi connectivity index (χ0v) is 19.9. The Morgan fingerprint density at radius 1 is 1.06 bits per heavy atom. The predicted octanol–water partition coefficient (Wildman–Crippen LogP) is 4.40. The van der Waals surface area contributed by atoms with Crippen molar-refractivity contribution in [3.8, 4) is 5.75 Å². The summed E-state index contributed by atoms with van der Waals surface area (Å²) >= 11 is 1.54. The van der Waals surface area contributed by atoms with Gasteiger partial charge in [0.15, 0.2) is 0 Å². The Kier molecular flexibility index (Phi) is 7.89. The lowest BCUT2D eigenvalue weighted by molar-refractivity contribution is -0.130. The lowest BCUT2D eigenvalue weighted by atomic mass is 10.2. The van der Waals surface area contributed by atoms with Gasteiger partial charge in [-0.15, -0.1) is 11.8 Å². The van der Waals surface area contributed by atoms with E-state index >= 15 is 0 Å². The molecular formula is C23H30N2O4S2. The molecule has 2 aromatic rings. The fraction of sp³-hybridized carbons (Fsp3) is 0.435. The molecule has 0 N–H and O–H groups in total. The minimum atomic E-state index is -3.92. The maximum atomic E-state index is 13.5. The highest BCUT2D eigenvalue weighted by atomic mass is 32.2. The van der Waals surface area contributed by atoms with Crippen molar-refractivity contribution in [2.45, 2.75) is 48.4 Å².